The van der Waals surface area contributed by atoms with Crippen LogP contribution in [0.5, 0.6) is 0 Å². The summed E-state index contributed by atoms with van der Waals surface area (Å²) in [4.78, 5) is 0. The molecule has 0 atom stereocenters. The molecule has 2 aromatic rings. The van der Waals surface area contributed by atoms with Crippen molar-refractivity contribution in [3.8, 4) is 12.3 Å². The highest BCUT2D eigenvalue weighted by Gasteiger charge is 1.99. The van der Waals surface area contributed by atoms with E-state index < -0.39 is 0 Å². The molecule has 0 N–H and O–H groups in total. The first-order chi connectivity index (χ1) is 18.1. The van der Waals surface area contributed by atoms with E-state index in [-0.39, 0.29) is 0 Å². The largest absolute Gasteiger partial charge is 0.115 e. The monoisotopic (exact) mass is 514 g/mol. The van der Waals surface area contributed by atoms with E-state index >= 15 is 0 Å². The number of unbranched alkanes of at least 4 members (excludes halogenated alkanes) is 2. The summed E-state index contributed by atoms with van der Waals surface area (Å²) in [5.41, 5.74) is 8.18. The molecule has 2 aromatic carbocycles. The summed E-state index contributed by atoms with van der Waals surface area (Å²) in [6.45, 7) is 25.6. The van der Waals surface area contributed by atoms with Crippen LogP contribution in [0.2, 0.25) is 0 Å². The Morgan fingerprint density at radius 1 is 0.895 bits per heavy atom. The molecule has 0 spiro atoms. The van der Waals surface area contributed by atoms with Crippen molar-refractivity contribution in [2.45, 2.75) is 114 Å². The maximum absolute atomic E-state index is 5.45. The van der Waals surface area contributed by atoms with Crippen LogP contribution in [0, 0.1) is 32.1 Å². The van der Waals surface area contributed by atoms with Crippen LogP contribution in [0.15, 0.2) is 72.8 Å². The summed E-state index contributed by atoms with van der Waals surface area (Å²) in [7, 11) is 0. The second-order valence-electron chi connectivity index (χ2n) is 10.3. The second-order valence-corrected chi connectivity index (χ2v) is 10.3. The van der Waals surface area contributed by atoms with Crippen molar-refractivity contribution in [1.82, 2.24) is 0 Å². The maximum atomic E-state index is 5.45. The molecule has 0 saturated carbocycles. The number of benzene rings is 2. The smallest absolute Gasteiger partial charge is 0.0277 e. The minimum absolute atomic E-state index is 0.930. The molecule has 0 heterocycles. The molecule has 0 bridgehead atoms. The van der Waals surface area contributed by atoms with Gasteiger partial charge in [-0.05, 0) is 74.8 Å². The maximum Gasteiger partial charge on any atom is 0.0277 e. The van der Waals surface area contributed by atoms with E-state index in [9.17, 15) is 0 Å². The van der Waals surface area contributed by atoms with Crippen LogP contribution in [0.3, 0.4) is 0 Å². The first-order valence-corrected chi connectivity index (χ1v) is 14.7. The van der Waals surface area contributed by atoms with Crippen LogP contribution in [-0.2, 0) is 6.42 Å². The molecular weight excluding hydrogens is 456 g/mol. The summed E-state index contributed by atoms with van der Waals surface area (Å²) >= 11 is 0. The Bertz CT molecular complexity index is 950. The van der Waals surface area contributed by atoms with E-state index in [1.54, 1.807) is 0 Å². The average Bonchev–Trinajstić information content (AvgIpc) is 2.93. The van der Waals surface area contributed by atoms with Crippen LogP contribution < -0.4 is 0 Å². The predicted octanol–water partition coefficient (Wildman–Crippen LogP) is 12.1. The van der Waals surface area contributed by atoms with E-state index in [2.05, 4.69) is 105 Å². The van der Waals surface area contributed by atoms with Gasteiger partial charge in [-0.3, -0.25) is 0 Å². The van der Waals surface area contributed by atoms with Crippen molar-refractivity contribution in [2.75, 3.05) is 0 Å². The van der Waals surface area contributed by atoms with Crippen molar-refractivity contribution in [2.24, 2.45) is 5.92 Å². The van der Waals surface area contributed by atoms with Crippen molar-refractivity contribution in [3.63, 3.8) is 0 Å². The molecule has 0 saturated heterocycles. The van der Waals surface area contributed by atoms with Crippen molar-refractivity contribution >= 4 is 5.57 Å². The summed E-state index contributed by atoms with van der Waals surface area (Å²) in [6.07, 6.45) is 20.6. The highest BCUT2D eigenvalue weighted by Crippen LogP contribution is 2.18. The Morgan fingerprint density at radius 3 is 1.89 bits per heavy atom. The van der Waals surface area contributed by atoms with Crippen LogP contribution in [0.1, 0.15) is 122 Å². The number of allylic oxidation sites excluding steroid dienone is 5. The second kappa shape index (κ2) is 24.6. The fraction of sp³-hybridized carbons (Fsp3) is 0.474. The van der Waals surface area contributed by atoms with Crippen LogP contribution in [-0.4, -0.2) is 0 Å². The Kier molecular flexibility index (Phi) is 24.1. The van der Waals surface area contributed by atoms with Gasteiger partial charge in [-0.15, -0.1) is 6.42 Å². The highest BCUT2D eigenvalue weighted by molar-refractivity contribution is 5.73. The Labute approximate surface area is 238 Å². The number of hydrogen-bond donors (Lipinski definition) is 0. The summed E-state index contributed by atoms with van der Waals surface area (Å²) in [5, 5.41) is 0. The van der Waals surface area contributed by atoms with E-state index in [0.29, 0.717) is 0 Å². The molecule has 0 unspecified atom stereocenters. The lowest BCUT2D eigenvalue weighted by Gasteiger charge is -2.04. The van der Waals surface area contributed by atoms with Gasteiger partial charge >= 0.3 is 0 Å². The number of rotatable bonds is 9. The number of hydrogen-bond acceptors (Lipinski definition) is 0. The van der Waals surface area contributed by atoms with E-state index in [1.165, 1.54) is 61.6 Å². The Hall–Kier alpha value is -2.78. The molecule has 0 aliphatic carbocycles. The van der Waals surface area contributed by atoms with Gasteiger partial charge in [-0.25, -0.2) is 0 Å². The van der Waals surface area contributed by atoms with Gasteiger partial charge in [-0.1, -0.05) is 152 Å². The lowest BCUT2D eigenvalue weighted by molar-refractivity contribution is 0.544. The first-order valence-electron chi connectivity index (χ1n) is 14.7. The third-order valence-corrected chi connectivity index (χ3v) is 6.32. The SMILES string of the molecule is C#Cc1cc(C(=C)/C=C\C=C(C)C)ccc1C.CCC(C)CC.CCCC.CCCCc1ccc(C)cc1. The zero-order chi connectivity index (χ0) is 29.3. The summed E-state index contributed by atoms with van der Waals surface area (Å²) in [5.74, 6) is 3.62. The molecule has 38 heavy (non-hydrogen) atoms. The molecule has 0 nitrogen and oxygen atoms in total. The fourth-order valence-electron chi connectivity index (χ4n) is 2.85. The third-order valence-electron chi connectivity index (χ3n) is 6.32. The van der Waals surface area contributed by atoms with Crippen LogP contribution in [0.4, 0.5) is 0 Å². The van der Waals surface area contributed by atoms with Crippen LogP contribution >= 0.6 is 0 Å². The van der Waals surface area contributed by atoms with Gasteiger partial charge in [0.1, 0.15) is 0 Å². The lowest BCUT2D eigenvalue weighted by Crippen LogP contribution is -1.86. The van der Waals surface area contributed by atoms with Gasteiger partial charge in [0.15, 0.2) is 0 Å². The standard InChI is InChI=1S/C17H18.C11H16.C6H14.C4H10/c1-6-16-12-17(11-10-15(16)5)14(4)9-7-8-13(2)3;1-3-4-5-11-8-6-10(2)7-9-11;1-4-6(3)5-2;1-3-4-2/h1,7-12H,4H2,2-3,5H3;6-9H,3-5H2,1-2H3;6H,4-5H2,1-3H3;3-4H2,1-2H3/b9-7-;;;. The summed E-state index contributed by atoms with van der Waals surface area (Å²) < 4.78 is 0. The molecule has 0 heteroatoms. The fourth-order valence-corrected chi connectivity index (χ4v) is 2.85. The third kappa shape index (κ3) is 20.3. The van der Waals surface area contributed by atoms with Gasteiger partial charge in [0.05, 0.1) is 0 Å². The Balaban J connectivity index is 0. The zero-order valence-corrected chi connectivity index (χ0v) is 26.6. The normalized spacial score (nSPS) is 9.74. The molecule has 0 radical (unpaired) electrons. The highest BCUT2D eigenvalue weighted by atomic mass is 14.0. The van der Waals surface area contributed by atoms with Gasteiger partial charge in [0.25, 0.3) is 0 Å². The van der Waals surface area contributed by atoms with Crippen molar-refractivity contribution in [3.05, 3.63) is 101 Å². The first kappa shape index (κ1) is 37.4. The lowest BCUT2D eigenvalue weighted by atomic mass is 10.0. The molecule has 0 fully saturated rings. The number of aryl methyl sites for hydroxylation is 3. The quantitative estimate of drug-likeness (QED) is 0.230. The average molecular weight is 515 g/mol. The number of terminal acetylenes is 1. The Morgan fingerprint density at radius 2 is 1.47 bits per heavy atom. The molecule has 0 aromatic heterocycles. The minimum atomic E-state index is 0.930. The van der Waals surface area contributed by atoms with Gasteiger partial charge in [-0.2, -0.15) is 0 Å². The molecule has 0 aliphatic heterocycles. The molecule has 2 rings (SSSR count). The minimum Gasteiger partial charge on any atom is -0.115 e. The van der Waals surface area contributed by atoms with Gasteiger partial charge < -0.3 is 0 Å². The van der Waals surface area contributed by atoms with E-state index in [0.717, 1.165) is 28.2 Å². The molecule has 210 valence electrons. The van der Waals surface area contributed by atoms with Crippen molar-refractivity contribution < 1.29 is 0 Å². The van der Waals surface area contributed by atoms with E-state index in [1.807, 2.05) is 37.3 Å². The van der Waals surface area contributed by atoms with E-state index in [4.69, 9.17) is 6.42 Å². The molecule has 0 aliphatic rings. The molecule has 0 amide bonds. The van der Waals surface area contributed by atoms with Crippen LogP contribution in [0.25, 0.3) is 5.57 Å². The molecular formula is C38H58. The summed E-state index contributed by atoms with van der Waals surface area (Å²) in [6, 6.07) is 14.9. The van der Waals surface area contributed by atoms with Crippen molar-refractivity contribution in [1.29, 1.82) is 0 Å². The zero-order valence-electron chi connectivity index (χ0n) is 26.6. The van der Waals surface area contributed by atoms with Gasteiger partial charge in [0, 0.05) is 5.56 Å². The topological polar surface area (TPSA) is 0 Å². The predicted molar refractivity (Wildman–Crippen MR) is 177 cm³/mol. The van der Waals surface area contributed by atoms with Gasteiger partial charge in [0.2, 0.25) is 0 Å².